The van der Waals surface area contributed by atoms with Crippen LogP contribution in [0.1, 0.15) is 39.4 Å². The molecule has 0 fully saturated rings. The molecule has 0 saturated carbocycles. The Labute approximate surface area is 195 Å². The third kappa shape index (κ3) is 3.61. The minimum atomic E-state index is -1.34. The molecule has 4 aromatic rings. The number of carboxylic acid groups (broad SMARTS) is 1. The number of nitrogens with zero attached hydrogens (tertiary/aromatic N) is 1. The van der Waals surface area contributed by atoms with Crippen LogP contribution in [0.15, 0.2) is 57.4 Å². The number of aromatic amines is 1. The van der Waals surface area contributed by atoms with Crippen molar-refractivity contribution in [3.63, 3.8) is 0 Å². The zero-order valence-electron chi connectivity index (χ0n) is 18.3. The van der Waals surface area contributed by atoms with Crippen molar-refractivity contribution >= 4 is 34.0 Å². The second-order valence-corrected chi connectivity index (χ2v) is 8.93. The van der Waals surface area contributed by atoms with Gasteiger partial charge in [0.15, 0.2) is 5.78 Å². The molecule has 8 nitrogen and oxygen atoms in total. The zero-order chi connectivity index (χ0) is 24.8. The van der Waals surface area contributed by atoms with Crippen molar-refractivity contribution in [1.82, 2.24) is 9.55 Å². The first-order valence-electron chi connectivity index (χ1n) is 10.1. The smallest absolute Gasteiger partial charge is 0.346 e. The number of nitrogens with one attached hydrogen (secondary N) is 1. The highest BCUT2D eigenvalue weighted by Gasteiger charge is 2.33. The third-order valence-electron chi connectivity index (χ3n) is 5.67. The van der Waals surface area contributed by atoms with Crippen molar-refractivity contribution < 1.29 is 23.8 Å². The van der Waals surface area contributed by atoms with Crippen LogP contribution in [0.5, 0.6) is 5.75 Å². The van der Waals surface area contributed by atoms with E-state index in [2.05, 4.69) is 4.98 Å². The maximum atomic E-state index is 14.9. The Bertz CT molecular complexity index is 1580. The number of benzene rings is 2. The summed E-state index contributed by atoms with van der Waals surface area (Å²) in [6.07, 6.45) is 0. The van der Waals surface area contributed by atoms with Crippen LogP contribution in [0.3, 0.4) is 0 Å². The summed E-state index contributed by atoms with van der Waals surface area (Å²) in [7, 11) is 1.44. The molecule has 2 N–H and O–H groups in total. The van der Waals surface area contributed by atoms with Gasteiger partial charge in [0, 0.05) is 5.38 Å². The van der Waals surface area contributed by atoms with Crippen LogP contribution in [0.2, 0.25) is 0 Å². The number of halogens is 1. The molecule has 0 bridgehead atoms. The summed E-state index contributed by atoms with van der Waals surface area (Å²) in [5.74, 6) is -2.17. The predicted molar refractivity (Wildman–Crippen MR) is 125 cm³/mol. The fourth-order valence-corrected chi connectivity index (χ4v) is 4.61. The first-order valence-corrected chi connectivity index (χ1v) is 10.9. The van der Waals surface area contributed by atoms with E-state index in [1.165, 1.54) is 24.6 Å². The number of thiophene rings is 1. The molecule has 0 spiro atoms. The number of rotatable bonds is 6. The Morgan fingerprint density at radius 3 is 2.53 bits per heavy atom. The second-order valence-electron chi connectivity index (χ2n) is 8.05. The van der Waals surface area contributed by atoms with Gasteiger partial charge in [-0.05, 0) is 43.7 Å². The number of hydrogen-bond acceptors (Lipinski definition) is 6. The molecule has 4 rings (SSSR count). The van der Waals surface area contributed by atoms with E-state index in [4.69, 9.17) is 4.74 Å². The highest BCUT2D eigenvalue weighted by atomic mass is 32.1. The first kappa shape index (κ1) is 23.1. The zero-order valence-corrected chi connectivity index (χ0v) is 19.2. The molecule has 10 heteroatoms. The van der Waals surface area contributed by atoms with E-state index in [0.29, 0.717) is 21.4 Å². The Balaban J connectivity index is 1.92. The molecule has 0 aliphatic heterocycles. The number of carbonyl (C=O) groups is 2. The van der Waals surface area contributed by atoms with Crippen molar-refractivity contribution in [3.05, 3.63) is 90.5 Å². The van der Waals surface area contributed by atoms with Gasteiger partial charge in [-0.1, -0.05) is 18.2 Å². The van der Waals surface area contributed by atoms with Crippen LogP contribution >= 0.6 is 11.3 Å². The number of ether oxygens (including phenoxy) is 1. The van der Waals surface area contributed by atoms with Crippen molar-refractivity contribution in [3.8, 4) is 11.4 Å². The molecule has 0 saturated heterocycles. The maximum Gasteiger partial charge on any atom is 0.346 e. The molecular weight excluding hydrogens is 463 g/mol. The van der Waals surface area contributed by atoms with Crippen molar-refractivity contribution in [2.24, 2.45) is 0 Å². The molecule has 0 radical (unpaired) electrons. The lowest BCUT2D eigenvalue weighted by atomic mass is 9.77. The number of para-hydroxylation sites is 1. The Morgan fingerprint density at radius 1 is 1.15 bits per heavy atom. The molecule has 2 aromatic carbocycles. The summed E-state index contributed by atoms with van der Waals surface area (Å²) in [6.45, 7) is 3.27. The number of carbonyl (C=O) groups excluding carboxylic acids is 1. The van der Waals surface area contributed by atoms with Gasteiger partial charge in [-0.2, -0.15) is 0 Å². The van der Waals surface area contributed by atoms with E-state index in [-0.39, 0.29) is 21.6 Å². The third-order valence-corrected chi connectivity index (χ3v) is 6.64. The first-order chi connectivity index (χ1) is 16.1. The highest BCUT2D eigenvalue weighted by molar-refractivity contribution is 7.13. The van der Waals surface area contributed by atoms with E-state index in [0.717, 1.165) is 17.4 Å². The summed E-state index contributed by atoms with van der Waals surface area (Å²) in [5, 5.41) is 10.5. The lowest BCUT2D eigenvalue weighted by Crippen LogP contribution is -2.35. The molecule has 0 unspecified atom stereocenters. The summed E-state index contributed by atoms with van der Waals surface area (Å²) >= 11 is 0.781. The number of fused-ring (bicyclic) bond motifs is 1. The topological polar surface area (TPSA) is 118 Å². The van der Waals surface area contributed by atoms with Crippen molar-refractivity contribution in [2.75, 3.05) is 7.11 Å². The molecule has 0 aliphatic rings. The highest BCUT2D eigenvalue weighted by Crippen LogP contribution is 2.33. The van der Waals surface area contributed by atoms with Crippen LogP contribution in [0.25, 0.3) is 16.6 Å². The van der Waals surface area contributed by atoms with E-state index < -0.39 is 34.1 Å². The molecule has 0 amide bonds. The molecular formula is C24H19FN2O6S. The van der Waals surface area contributed by atoms with Gasteiger partial charge in [-0.15, -0.1) is 11.3 Å². The minimum Gasteiger partial charge on any atom is -0.496 e. The van der Waals surface area contributed by atoms with Gasteiger partial charge in [0.05, 0.1) is 34.7 Å². The maximum absolute atomic E-state index is 14.9. The van der Waals surface area contributed by atoms with Gasteiger partial charge >= 0.3 is 11.7 Å². The van der Waals surface area contributed by atoms with Crippen LogP contribution in [0.4, 0.5) is 4.39 Å². The fourth-order valence-electron chi connectivity index (χ4n) is 3.79. The number of ketones is 1. The summed E-state index contributed by atoms with van der Waals surface area (Å²) in [5.41, 5.74) is -2.77. The Hall–Kier alpha value is -4.05. The van der Waals surface area contributed by atoms with Gasteiger partial charge in [0.2, 0.25) is 0 Å². The standard InChI is InChI=1S/C24H19FN2O6S/c1-24(2,20(28)13-6-4-5-7-17(13)33-3)12-8-9-14(25)16(10-12)27-21(29)18-15(26-23(27)32)11-34-19(18)22(30)31/h4-11H,1-3H3,(H,26,32)(H,30,31). The largest absolute Gasteiger partial charge is 0.496 e. The molecule has 174 valence electrons. The molecule has 0 atom stereocenters. The summed E-state index contributed by atoms with van der Waals surface area (Å²) in [6, 6.07) is 10.4. The van der Waals surface area contributed by atoms with Gasteiger partial charge in [-0.25, -0.2) is 18.5 Å². The van der Waals surface area contributed by atoms with Gasteiger partial charge in [-0.3, -0.25) is 9.59 Å². The number of Topliss-reactive ketones (excluding diaryl/α,β-unsaturated/α-hetero) is 1. The Morgan fingerprint density at radius 2 is 1.85 bits per heavy atom. The van der Waals surface area contributed by atoms with E-state index in [1.807, 2.05) is 0 Å². The summed E-state index contributed by atoms with van der Waals surface area (Å²) in [4.78, 5) is 52.9. The van der Waals surface area contributed by atoms with E-state index >= 15 is 0 Å². The number of methoxy groups -OCH3 is 1. The average molecular weight is 482 g/mol. The van der Waals surface area contributed by atoms with Gasteiger partial charge < -0.3 is 14.8 Å². The Kier molecular flexibility index (Phi) is 5.70. The number of H-pyrrole nitrogens is 1. The SMILES string of the molecule is COc1ccccc1C(=O)C(C)(C)c1ccc(F)c(-n2c(=O)[nH]c3csc(C(=O)O)c3c2=O)c1. The van der Waals surface area contributed by atoms with Crippen LogP contribution in [-0.4, -0.2) is 33.5 Å². The average Bonchev–Trinajstić information content (AvgIpc) is 3.24. The lowest BCUT2D eigenvalue weighted by molar-refractivity contribution is 0.0703. The van der Waals surface area contributed by atoms with Crippen LogP contribution < -0.4 is 16.0 Å². The van der Waals surface area contributed by atoms with Crippen LogP contribution in [-0.2, 0) is 5.41 Å². The number of aromatic nitrogens is 2. The molecule has 2 heterocycles. The number of hydrogen-bond donors (Lipinski definition) is 2. The second kappa shape index (κ2) is 8.38. The molecule has 2 aromatic heterocycles. The van der Waals surface area contributed by atoms with E-state index in [9.17, 15) is 28.7 Å². The number of carboxylic acids is 1. The molecule has 0 aliphatic carbocycles. The fraction of sp³-hybridized carbons (Fsp3) is 0.167. The number of aromatic carboxylic acids is 1. The van der Waals surface area contributed by atoms with Crippen molar-refractivity contribution in [1.29, 1.82) is 0 Å². The predicted octanol–water partition coefficient (Wildman–Crippen LogP) is 3.75. The van der Waals surface area contributed by atoms with E-state index in [1.54, 1.807) is 38.1 Å². The van der Waals surface area contributed by atoms with Gasteiger partial charge in [0.1, 0.15) is 16.4 Å². The monoisotopic (exact) mass is 482 g/mol. The normalized spacial score (nSPS) is 11.5. The molecule has 34 heavy (non-hydrogen) atoms. The minimum absolute atomic E-state index is 0.0527. The lowest BCUT2D eigenvalue weighted by Gasteiger charge is -2.25. The van der Waals surface area contributed by atoms with Crippen LogP contribution in [0, 0.1) is 5.82 Å². The summed E-state index contributed by atoms with van der Waals surface area (Å²) < 4.78 is 20.7. The van der Waals surface area contributed by atoms with Crippen molar-refractivity contribution in [2.45, 2.75) is 19.3 Å². The quantitative estimate of drug-likeness (QED) is 0.404. The van der Waals surface area contributed by atoms with Gasteiger partial charge in [0.25, 0.3) is 5.56 Å².